The summed E-state index contributed by atoms with van der Waals surface area (Å²) in [5.41, 5.74) is 0.805. The maximum Gasteiger partial charge on any atom is 0.171 e. The fraction of sp³-hybridized carbons (Fsp3) is 0.417. The minimum atomic E-state index is 0.0125. The first-order valence-corrected chi connectivity index (χ1v) is 6.28. The normalized spacial score (nSPS) is 17.3. The van der Waals surface area contributed by atoms with Crippen molar-refractivity contribution in [2.24, 2.45) is 0 Å². The number of halogens is 1. The van der Waals surface area contributed by atoms with Gasteiger partial charge < -0.3 is 14.0 Å². The lowest BCUT2D eigenvalue weighted by Crippen LogP contribution is -2.21. The molecular formula is C12H13ClN4O2. The van der Waals surface area contributed by atoms with E-state index < -0.39 is 0 Å². The lowest BCUT2D eigenvalue weighted by atomic mass is 10.2. The number of ether oxygens (including phenoxy) is 2. The number of aromatic nitrogens is 4. The van der Waals surface area contributed by atoms with Crippen molar-refractivity contribution in [1.29, 1.82) is 0 Å². The van der Waals surface area contributed by atoms with Gasteiger partial charge in [0.15, 0.2) is 16.7 Å². The highest BCUT2D eigenvalue weighted by atomic mass is 35.5. The van der Waals surface area contributed by atoms with Crippen LogP contribution in [0.15, 0.2) is 12.3 Å². The standard InChI is InChI=1S/C12H13ClN4O2/c1-7-15-16-12-9-3-4-14-11(13)10(9)19-6-8(5-18-2)17(7)12/h3-4,8H,5-6H2,1-2H3/t8-/m1/s1. The van der Waals surface area contributed by atoms with Crippen molar-refractivity contribution in [2.75, 3.05) is 20.3 Å². The third kappa shape index (κ3) is 1.97. The van der Waals surface area contributed by atoms with Gasteiger partial charge >= 0.3 is 0 Å². The van der Waals surface area contributed by atoms with E-state index >= 15 is 0 Å². The van der Waals surface area contributed by atoms with E-state index in [1.807, 2.05) is 17.6 Å². The maximum absolute atomic E-state index is 6.09. The van der Waals surface area contributed by atoms with Crippen LogP contribution in [0.1, 0.15) is 11.9 Å². The lowest BCUT2D eigenvalue weighted by molar-refractivity contribution is 0.124. The van der Waals surface area contributed by atoms with E-state index in [4.69, 9.17) is 21.1 Å². The summed E-state index contributed by atoms with van der Waals surface area (Å²) < 4.78 is 13.0. The number of aryl methyl sites for hydroxylation is 1. The summed E-state index contributed by atoms with van der Waals surface area (Å²) in [7, 11) is 1.66. The van der Waals surface area contributed by atoms with Crippen molar-refractivity contribution in [3.63, 3.8) is 0 Å². The zero-order chi connectivity index (χ0) is 13.4. The largest absolute Gasteiger partial charge is 0.487 e. The van der Waals surface area contributed by atoms with Gasteiger partial charge in [-0.05, 0) is 13.0 Å². The third-order valence-corrected chi connectivity index (χ3v) is 3.38. The SMILES string of the molecule is COC[C@@H]1COc2c(ccnc2Cl)-c2nnc(C)n21. The second-order valence-electron chi connectivity index (χ2n) is 4.34. The van der Waals surface area contributed by atoms with Crippen LogP contribution in [0, 0.1) is 6.92 Å². The van der Waals surface area contributed by atoms with Crippen LogP contribution >= 0.6 is 11.6 Å². The lowest BCUT2D eigenvalue weighted by Gasteiger charge is -2.17. The summed E-state index contributed by atoms with van der Waals surface area (Å²) in [6.07, 6.45) is 1.63. The van der Waals surface area contributed by atoms with Gasteiger partial charge in [-0.25, -0.2) is 4.98 Å². The van der Waals surface area contributed by atoms with Crippen molar-refractivity contribution >= 4 is 11.6 Å². The molecule has 0 spiro atoms. The molecule has 0 aliphatic carbocycles. The predicted octanol–water partition coefficient (Wildman–Crippen LogP) is 1.88. The summed E-state index contributed by atoms with van der Waals surface area (Å²) in [5, 5.41) is 8.70. The molecule has 3 rings (SSSR count). The van der Waals surface area contributed by atoms with Crippen LogP contribution in [0.4, 0.5) is 0 Å². The van der Waals surface area contributed by atoms with E-state index in [0.717, 1.165) is 17.2 Å². The van der Waals surface area contributed by atoms with Gasteiger partial charge in [0.1, 0.15) is 12.4 Å². The molecule has 1 aliphatic heterocycles. The molecule has 0 radical (unpaired) electrons. The number of hydrogen-bond donors (Lipinski definition) is 0. The summed E-state index contributed by atoms with van der Waals surface area (Å²) in [6.45, 7) is 2.87. The highest BCUT2D eigenvalue weighted by molar-refractivity contribution is 6.31. The van der Waals surface area contributed by atoms with Gasteiger partial charge in [0.05, 0.1) is 18.2 Å². The molecule has 0 unspecified atom stereocenters. The van der Waals surface area contributed by atoms with Crippen LogP contribution in [0.25, 0.3) is 11.4 Å². The molecule has 2 aromatic rings. The van der Waals surface area contributed by atoms with Crippen molar-refractivity contribution < 1.29 is 9.47 Å². The Kier molecular flexibility index (Phi) is 3.12. The molecule has 0 aromatic carbocycles. The maximum atomic E-state index is 6.09. The van der Waals surface area contributed by atoms with Crippen molar-refractivity contribution in [3.05, 3.63) is 23.2 Å². The van der Waals surface area contributed by atoms with Crippen molar-refractivity contribution in [1.82, 2.24) is 19.7 Å². The molecule has 3 heterocycles. The molecular weight excluding hydrogens is 268 g/mol. The summed E-state index contributed by atoms with van der Waals surface area (Å²) in [5.74, 6) is 2.11. The fourth-order valence-corrected chi connectivity index (χ4v) is 2.51. The van der Waals surface area contributed by atoms with E-state index in [1.54, 1.807) is 13.3 Å². The van der Waals surface area contributed by atoms with Crippen LogP contribution in [-0.4, -0.2) is 40.1 Å². The number of methoxy groups -OCH3 is 1. The molecule has 0 amide bonds. The zero-order valence-electron chi connectivity index (χ0n) is 10.6. The zero-order valence-corrected chi connectivity index (χ0v) is 11.4. The highest BCUT2D eigenvalue weighted by Gasteiger charge is 2.27. The average molecular weight is 281 g/mol. The topological polar surface area (TPSA) is 62.1 Å². The van der Waals surface area contributed by atoms with Crippen molar-refractivity contribution in [2.45, 2.75) is 13.0 Å². The Morgan fingerprint density at radius 1 is 1.53 bits per heavy atom. The Hall–Kier alpha value is -1.66. The first-order valence-electron chi connectivity index (χ1n) is 5.90. The molecule has 6 nitrogen and oxygen atoms in total. The molecule has 0 saturated heterocycles. The molecule has 0 N–H and O–H groups in total. The van der Waals surface area contributed by atoms with E-state index in [2.05, 4.69) is 15.2 Å². The minimum Gasteiger partial charge on any atom is -0.487 e. The number of rotatable bonds is 2. The Morgan fingerprint density at radius 3 is 3.16 bits per heavy atom. The quantitative estimate of drug-likeness (QED) is 0.786. The average Bonchev–Trinajstić information content (AvgIpc) is 2.69. The van der Waals surface area contributed by atoms with Crippen LogP contribution in [0.2, 0.25) is 5.15 Å². The van der Waals surface area contributed by atoms with Gasteiger partial charge in [0, 0.05) is 13.3 Å². The molecule has 1 aliphatic rings. The molecule has 0 fully saturated rings. The second-order valence-corrected chi connectivity index (χ2v) is 4.70. The smallest absolute Gasteiger partial charge is 0.171 e. The molecule has 7 heteroatoms. The summed E-state index contributed by atoms with van der Waals surface area (Å²) >= 11 is 6.09. The number of hydrogen-bond acceptors (Lipinski definition) is 5. The fourth-order valence-electron chi connectivity index (χ4n) is 2.30. The van der Waals surface area contributed by atoms with Crippen LogP contribution in [0.3, 0.4) is 0 Å². The predicted molar refractivity (Wildman–Crippen MR) is 69.4 cm³/mol. The monoisotopic (exact) mass is 280 g/mol. The molecule has 1 atom stereocenters. The Bertz CT molecular complexity index is 614. The number of pyridine rings is 1. The van der Waals surface area contributed by atoms with Gasteiger partial charge in [-0.3, -0.25) is 0 Å². The Balaban J connectivity index is 2.19. The van der Waals surface area contributed by atoms with E-state index in [0.29, 0.717) is 24.1 Å². The highest BCUT2D eigenvalue weighted by Crippen LogP contribution is 2.38. The second kappa shape index (κ2) is 4.79. The summed E-state index contributed by atoms with van der Waals surface area (Å²) in [4.78, 5) is 4.04. The van der Waals surface area contributed by atoms with Crippen LogP contribution in [0.5, 0.6) is 5.75 Å². The molecule has 0 saturated carbocycles. The van der Waals surface area contributed by atoms with Gasteiger partial charge in [-0.15, -0.1) is 10.2 Å². The van der Waals surface area contributed by atoms with Gasteiger partial charge in [-0.1, -0.05) is 11.6 Å². The first kappa shape index (κ1) is 12.4. The molecule has 2 aromatic heterocycles. The Morgan fingerprint density at radius 2 is 2.37 bits per heavy atom. The molecule has 0 bridgehead atoms. The minimum absolute atomic E-state index is 0.0125. The van der Waals surface area contributed by atoms with Gasteiger partial charge in [0.2, 0.25) is 0 Å². The van der Waals surface area contributed by atoms with Crippen LogP contribution < -0.4 is 4.74 Å². The first-order chi connectivity index (χ1) is 9.22. The van der Waals surface area contributed by atoms with E-state index in [-0.39, 0.29) is 6.04 Å². The summed E-state index contributed by atoms with van der Waals surface area (Å²) in [6, 6.07) is 1.84. The number of fused-ring (bicyclic) bond motifs is 3. The van der Waals surface area contributed by atoms with Gasteiger partial charge in [0.25, 0.3) is 0 Å². The van der Waals surface area contributed by atoms with Gasteiger partial charge in [-0.2, -0.15) is 0 Å². The third-order valence-electron chi connectivity index (χ3n) is 3.11. The van der Waals surface area contributed by atoms with Crippen LogP contribution in [-0.2, 0) is 4.74 Å². The molecule has 100 valence electrons. The number of nitrogens with zero attached hydrogens (tertiary/aromatic N) is 4. The Labute approximate surface area is 115 Å². The van der Waals surface area contributed by atoms with E-state index in [1.165, 1.54) is 0 Å². The van der Waals surface area contributed by atoms with E-state index in [9.17, 15) is 0 Å². The van der Waals surface area contributed by atoms with Crippen molar-refractivity contribution in [3.8, 4) is 17.1 Å². The molecule has 19 heavy (non-hydrogen) atoms.